The highest BCUT2D eigenvalue weighted by atomic mass is 16.5. The summed E-state index contributed by atoms with van der Waals surface area (Å²) in [6.07, 6.45) is 0. The zero-order valence-electron chi connectivity index (χ0n) is 11.9. The number of hydrogen-bond donors (Lipinski definition) is 3. The summed E-state index contributed by atoms with van der Waals surface area (Å²) in [5, 5.41) is 6.87. The Bertz CT molecular complexity index is 449. The molecule has 0 bridgehead atoms. The van der Waals surface area contributed by atoms with Gasteiger partial charge in [0, 0.05) is 7.05 Å². The predicted molar refractivity (Wildman–Crippen MR) is 75.4 cm³/mol. The molecule has 0 saturated carbocycles. The molecule has 1 rings (SSSR count). The maximum Gasteiger partial charge on any atom is 0.275 e. The quantitative estimate of drug-likeness (QED) is 0.523. The number of aryl methyl sites for hydroxylation is 1. The number of likely N-dealkylation sites (N-methyl/N-ethyl adjacent to an activating group) is 1. The van der Waals surface area contributed by atoms with Gasteiger partial charge in [0.15, 0.2) is 13.1 Å². The zero-order chi connectivity index (χ0) is 14.8. The van der Waals surface area contributed by atoms with E-state index in [2.05, 4.69) is 10.6 Å². The predicted octanol–water partition coefficient (Wildman–Crippen LogP) is -1.20. The third-order valence-corrected chi connectivity index (χ3v) is 2.62. The molecule has 0 heterocycles. The van der Waals surface area contributed by atoms with Crippen LogP contribution in [0.15, 0.2) is 24.3 Å². The minimum absolute atomic E-state index is 0.0967. The van der Waals surface area contributed by atoms with Crippen molar-refractivity contribution in [2.24, 2.45) is 0 Å². The minimum atomic E-state index is -0.109. The Labute approximate surface area is 118 Å². The van der Waals surface area contributed by atoms with E-state index >= 15 is 0 Å². The summed E-state index contributed by atoms with van der Waals surface area (Å²) in [4.78, 5) is 22.4. The monoisotopic (exact) mass is 280 g/mol. The van der Waals surface area contributed by atoms with E-state index in [0.717, 1.165) is 11.3 Å². The lowest BCUT2D eigenvalue weighted by atomic mass is 10.2. The van der Waals surface area contributed by atoms with Gasteiger partial charge in [0.2, 0.25) is 0 Å². The molecule has 20 heavy (non-hydrogen) atoms. The number of benzene rings is 1. The SMILES string of the molecule is CNC(=O)C[NH2+]CC(=O)NCCOc1cccc(C)c1. The lowest BCUT2D eigenvalue weighted by Gasteiger charge is -2.07. The molecule has 6 heteroatoms. The van der Waals surface area contributed by atoms with Crippen molar-refractivity contribution in [2.75, 3.05) is 33.3 Å². The number of nitrogens with one attached hydrogen (secondary N) is 2. The molecule has 0 radical (unpaired) electrons. The van der Waals surface area contributed by atoms with Gasteiger partial charge in [-0.05, 0) is 24.6 Å². The maximum absolute atomic E-state index is 11.4. The van der Waals surface area contributed by atoms with E-state index in [1.807, 2.05) is 31.2 Å². The minimum Gasteiger partial charge on any atom is -0.492 e. The fourth-order valence-corrected chi connectivity index (χ4v) is 1.57. The Kier molecular flexibility index (Phi) is 7.13. The molecular formula is C14H22N3O3+. The largest absolute Gasteiger partial charge is 0.492 e. The first-order valence-corrected chi connectivity index (χ1v) is 6.60. The third kappa shape index (κ3) is 6.75. The Morgan fingerprint density at radius 3 is 2.70 bits per heavy atom. The van der Waals surface area contributed by atoms with E-state index in [0.29, 0.717) is 13.2 Å². The van der Waals surface area contributed by atoms with Crippen LogP contribution in [0.5, 0.6) is 5.75 Å². The third-order valence-electron chi connectivity index (χ3n) is 2.62. The molecule has 0 fully saturated rings. The molecule has 110 valence electrons. The van der Waals surface area contributed by atoms with E-state index in [4.69, 9.17) is 4.74 Å². The highest BCUT2D eigenvalue weighted by Crippen LogP contribution is 2.11. The zero-order valence-corrected chi connectivity index (χ0v) is 11.9. The van der Waals surface area contributed by atoms with Crippen molar-refractivity contribution in [2.45, 2.75) is 6.92 Å². The molecule has 1 aromatic carbocycles. The molecule has 6 nitrogen and oxygen atoms in total. The first-order chi connectivity index (χ1) is 9.61. The molecule has 4 N–H and O–H groups in total. The van der Waals surface area contributed by atoms with Gasteiger partial charge in [0.25, 0.3) is 11.8 Å². The summed E-state index contributed by atoms with van der Waals surface area (Å²) >= 11 is 0. The van der Waals surface area contributed by atoms with E-state index < -0.39 is 0 Å². The van der Waals surface area contributed by atoms with Gasteiger partial charge in [0.1, 0.15) is 12.4 Å². The van der Waals surface area contributed by atoms with Gasteiger partial charge in [-0.3, -0.25) is 9.59 Å². The Balaban J connectivity index is 2.09. The summed E-state index contributed by atoms with van der Waals surface area (Å²) in [5.74, 6) is 0.591. The van der Waals surface area contributed by atoms with Crippen LogP contribution in [0.2, 0.25) is 0 Å². The first-order valence-electron chi connectivity index (χ1n) is 6.60. The van der Waals surface area contributed by atoms with E-state index in [9.17, 15) is 9.59 Å². The Hall–Kier alpha value is -2.08. The number of carbonyl (C=O) groups excluding carboxylic acids is 2. The van der Waals surface area contributed by atoms with Crippen LogP contribution in [0.4, 0.5) is 0 Å². The highest BCUT2D eigenvalue weighted by Gasteiger charge is 2.05. The van der Waals surface area contributed by atoms with Gasteiger partial charge in [-0.15, -0.1) is 0 Å². The van der Waals surface area contributed by atoms with Gasteiger partial charge in [-0.25, -0.2) is 0 Å². The van der Waals surface area contributed by atoms with Gasteiger partial charge in [-0.2, -0.15) is 0 Å². The van der Waals surface area contributed by atoms with Crippen molar-refractivity contribution in [3.05, 3.63) is 29.8 Å². The molecule has 0 saturated heterocycles. The second-order valence-electron chi connectivity index (χ2n) is 4.39. The molecule has 0 unspecified atom stereocenters. The molecule has 0 aliphatic rings. The molecule has 0 spiro atoms. The van der Waals surface area contributed by atoms with Crippen LogP contribution in [-0.4, -0.2) is 45.1 Å². The van der Waals surface area contributed by atoms with Gasteiger partial charge in [-0.1, -0.05) is 12.1 Å². The van der Waals surface area contributed by atoms with Gasteiger partial charge in [0.05, 0.1) is 6.54 Å². The second kappa shape index (κ2) is 8.92. The number of rotatable bonds is 8. The fourth-order valence-electron chi connectivity index (χ4n) is 1.57. The van der Waals surface area contributed by atoms with Crippen LogP contribution in [0.1, 0.15) is 5.56 Å². The van der Waals surface area contributed by atoms with Crippen molar-refractivity contribution in [3.63, 3.8) is 0 Å². The van der Waals surface area contributed by atoms with Crippen molar-refractivity contribution >= 4 is 11.8 Å². The van der Waals surface area contributed by atoms with Crippen molar-refractivity contribution in [3.8, 4) is 5.75 Å². The van der Waals surface area contributed by atoms with Crippen LogP contribution in [0.25, 0.3) is 0 Å². The summed E-state index contributed by atoms with van der Waals surface area (Å²) < 4.78 is 5.51. The summed E-state index contributed by atoms with van der Waals surface area (Å²) in [5.41, 5.74) is 1.13. The molecular weight excluding hydrogens is 258 g/mol. The van der Waals surface area contributed by atoms with Crippen LogP contribution in [-0.2, 0) is 9.59 Å². The van der Waals surface area contributed by atoms with Crippen molar-refractivity contribution < 1.29 is 19.6 Å². The molecule has 0 aromatic heterocycles. The van der Waals surface area contributed by atoms with Crippen LogP contribution < -0.4 is 20.7 Å². The molecule has 2 amide bonds. The number of nitrogens with two attached hydrogens (primary N) is 1. The topological polar surface area (TPSA) is 84.0 Å². The number of quaternary nitrogens is 1. The smallest absolute Gasteiger partial charge is 0.275 e. The normalized spacial score (nSPS) is 9.90. The van der Waals surface area contributed by atoms with E-state index in [1.165, 1.54) is 0 Å². The molecule has 0 atom stereocenters. The number of ether oxygens (including phenoxy) is 1. The number of carbonyl (C=O) groups is 2. The summed E-state index contributed by atoms with van der Waals surface area (Å²) in [6.45, 7) is 3.35. The standard InChI is InChI=1S/C14H21N3O3/c1-11-4-3-5-12(8-11)20-7-6-17-14(19)10-16-9-13(18)15-2/h3-5,8,16H,6-7,9-10H2,1-2H3,(H,15,18)(H,17,19)/p+1. The average molecular weight is 280 g/mol. The average Bonchev–Trinajstić information content (AvgIpc) is 2.43. The lowest BCUT2D eigenvalue weighted by Crippen LogP contribution is -2.88. The van der Waals surface area contributed by atoms with Gasteiger partial charge < -0.3 is 20.7 Å². The number of amides is 2. The Morgan fingerprint density at radius 1 is 1.25 bits per heavy atom. The Morgan fingerprint density at radius 2 is 2.00 bits per heavy atom. The van der Waals surface area contributed by atoms with E-state index in [1.54, 1.807) is 12.4 Å². The summed E-state index contributed by atoms with van der Waals surface area (Å²) in [7, 11) is 1.57. The highest BCUT2D eigenvalue weighted by molar-refractivity contribution is 5.78. The van der Waals surface area contributed by atoms with Crippen molar-refractivity contribution in [1.82, 2.24) is 10.6 Å². The number of hydrogen-bond acceptors (Lipinski definition) is 3. The summed E-state index contributed by atoms with van der Waals surface area (Å²) in [6, 6.07) is 7.75. The first kappa shape index (κ1) is 16.0. The fraction of sp³-hybridized carbons (Fsp3) is 0.429. The van der Waals surface area contributed by atoms with Crippen LogP contribution >= 0.6 is 0 Å². The van der Waals surface area contributed by atoms with Crippen LogP contribution in [0, 0.1) is 6.92 Å². The van der Waals surface area contributed by atoms with Gasteiger partial charge >= 0.3 is 0 Å². The maximum atomic E-state index is 11.4. The second-order valence-corrected chi connectivity index (χ2v) is 4.39. The lowest BCUT2D eigenvalue weighted by molar-refractivity contribution is -0.633. The van der Waals surface area contributed by atoms with E-state index in [-0.39, 0.29) is 24.9 Å². The molecule has 1 aromatic rings. The van der Waals surface area contributed by atoms with Crippen molar-refractivity contribution in [1.29, 1.82) is 0 Å². The molecule has 0 aliphatic carbocycles. The van der Waals surface area contributed by atoms with Crippen LogP contribution in [0.3, 0.4) is 0 Å². The molecule has 0 aliphatic heterocycles.